The zero-order chi connectivity index (χ0) is 12.5. The topological polar surface area (TPSA) is 17.1 Å². The molecule has 0 aromatic heterocycles. The van der Waals surface area contributed by atoms with Crippen LogP contribution in [-0.2, 0) is 6.42 Å². The molecule has 0 aliphatic heterocycles. The monoisotopic (exact) mass is 242 g/mol. The van der Waals surface area contributed by atoms with E-state index in [0.717, 1.165) is 30.2 Å². The van der Waals surface area contributed by atoms with Crippen LogP contribution in [0.3, 0.4) is 0 Å². The van der Waals surface area contributed by atoms with Gasteiger partial charge in [-0.25, -0.2) is 0 Å². The average molecular weight is 242 g/mol. The van der Waals surface area contributed by atoms with E-state index in [1.54, 1.807) is 0 Å². The molecule has 2 saturated carbocycles. The first-order valence-electron chi connectivity index (χ1n) is 7.39. The van der Waals surface area contributed by atoms with E-state index in [0.29, 0.717) is 11.7 Å². The van der Waals surface area contributed by atoms with Crippen LogP contribution in [0.1, 0.15) is 54.9 Å². The summed E-state index contributed by atoms with van der Waals surface area (Å²) in [4.78, 5) is 12.5. The van der Waals surface area contributed by atoms with Gasteiger partial charge in [-0.1, -0.05) is 37.6 Å². The van der Waals surface area contributed by atoms with Crippen LogP contribution in [0.2, 0.25) is 0 Å². The maximum atomic E-state index is 12.5. The van der Waals surface area contributed by atoms with Crippen molar-refractivity contribution in [2.75, 3.05) is 0 Å². The number of fused-ring (bicyclic) bond motifs is 2. The summed E-state index contributed by atoms with van der Waals surface area (Å²) in [5.41, 5.74) is 2.19. The molecule has 1 aromatic carbocycles. The summed E-state index contributed by atoms with van der Waals surface area (Å²) in [6.07, 6.45) is 7.24. The number of ketones is 1. The smallest absolute Gasteiger partial charge is 0.163 e. The summed E-state index contributed by atoms with van der Waals surface area (Å²) >= 11 is 0. The largest absolute Gasteiger partial charge is 0.294 e. The zero-order valence-corrected chi connectivity index (χ0v) is 11.2. The van der Waals surface area contributed by atoms with Crippen LogP contribution in [0.15, 0.2) is 24.3 Å². The molecule has 2 aliphatic carbocycles. The molecule has 2 aliphatic rings. The van der Waals surface area contributed by atoms with Crippen molar-refractivity contribution in [2.45, 2.75) is 45.4 Å². The Kier molecular flexibility index (Phi) is 3.23. The van der Waals surface area contributed by atoms with E-state index >= 15 is 0 Å². The van der Waals surface area contributed by atoms with Crippen molar-refractivity contribution in [3.8, 4) is 0 Å². The Labute approximate surface area is 110 Å². The van der Waals surface area contributed by atoms with Crippen LogP contribution in [0.25, 0.3) is 0 Å². The molecule has 0 radical (unpaired) electrons. The van der Waals surface area contributed by atoms with Gasteiger partial charge in [0.2, 0.25) is 0 Å². The van der Waals surface area contributed by atoms with Crippen molar-refractivity contribution < 1.29 is 4.79 Å². The van der Waals surface area contributed by atoms with E-state index in [2.05, 4.69) is 13.0 Å². The average Bonchev–Trinajstić information content (AvgIpc) is 3.01. The summed E-state index contributed by atoms with van der Waals surface area (Å²) in [7, 11) is 0. The number of hydrogen-bond acceptors (Lipinski definition) is 1. The highest BCUT2D eigenvalue weighted by molar-refractivity contribution is 5.97. The Bertz CT molecular complexity index is 449. The van der Waals surface area contributed by atoms with Crippen LogP contribution in [-0.4, -0.2) is 5.78 Å². The predicted molar refractivity (Wildman–Crippen MR) is 73.7 cm³/mol. The molecule has 18 heavy (non-hydrogen) atoms. The minimum Gasteiger partial charge on any atom is -0.294 e. The van der Waals surface area contributed by atoms with E-state index in [1.807, 2.05) is 18.2 Å². The maximum absolute atomic E-state index is 12.5. The second-order valence-corrected chi connectivity index (χ2v) is 6.07. The van der Waals surface area contributed by atoms with Gasteiger partial charge in [0.1, 0.15) is 0 Å². The van der Waals surface area contributed by atoms with Crippen molar-refractivity contribution in [3.05, 3.63) is 35.4 Å². The molecule has 1 nitrogen and oxygen atoms in total. The molecule has 0 spiro atoms. The lowest BCUT2D eigenvalue weighted by Gasteiger charge is -2.21. The predicted octanol–water partition coefficient (Wildman–Crippen LogP) is 4.26. The molecule has 1 heteroatoms. The van der Waals surface area contributed by atoms with Gasteiger partial charge in [0, 0.05) is 12.0 Å². The van der Waals surface area contributed by atoms with E-state index in [1.165, 1.54) is 31.2 Å². The molecule has 0 amide bonds. The minimum absolute atomic E-state index is 0.380. The van der Waals surface area contributed by atoms with Gasteiger partial charge >= 0.3 is 0 Å². The number of Topliss-reactive ketones (excluding diaryl/α,β-unsaturated/α-hetero) is 1. The molecular formula is C17H22O. The van der Waals surface area contributed by atoms with E-state index < -0.39 is 0 Å². The molecule has 96 valence electrons. The SMILES string of the molecule is CCc1ccccc1C(=O)CC1CC2CCC1C2. The third-order valence-electron chi connectivity index (χ3n) is 5.03. The molecule has 1 aromatic rings. The van der Waals surface area contributed by atoms with Crippen molar-refractivity contribution >= 4 is 5.78 Å². The Morgan fingerprint density at radius 3 is 2.72 bits per heavy atom. The lowest BCUT2D eigenvalue weighted by Crippen LogP contribution is -2.16. The van der Waals surface area contributed by atoms with Gasteiger partial charge in [0.25, 0.3) is 0 Å². The lowest BCUT2D eigenvalue weighted by atomic mass is 9.83. The van der Waals surface area contributed by atoms with Gasteiger partial charge in [-0.15, -0.1) is 0 Å². The molecule has 0 N–H and O–H groups in total. The van der Waals surface area contributed by atoms with Crippen LogP contribution in [0.4, 0.5) is 0 Å². The van der Waals surface area contributed by atoms with Gasteiger partial charge < -0.3 is 0 Å². The second kappa shape index (κ2) is 4.87. The lowest BCUT2D eigenvalue weighted by molar-refractivity contribution is 0.0943. The van der Waals surface area contributed by atoms with Crippen LogP contribution in [0, 0.1) is 17.8 Å². The number of benzene rings is 1. The summed E-state index contributed by atoms with van der Waals surface area (Å²) < 4.78 is 0. The van der Waals surface area contributed by atoms with E-state index in [-0.39, 0.29) is 0 Å². The highest BCUT2D eigenvalue weighted by Crippen LogP contribution is 2.49. The Morgan fingerprint density at radius 1 is 1.22 bits per heavy atom. The number of carbonyl (C=O) groups is 1. The summed E-state index contributed by atoms with van der Waals surface area (Å²) in [5.74, 6) is 2.85. The summed E-state index contributed by atoms with van der Waals surface area (Å²) in [6, 6.07) is 8.13. The number of hydrogen-bond donors (Lipinski definition) is 0. The number of carbonyl (C=O) groups excluding carboxylic acids is 1. The number of rotatable bonds is 4. The Balaban J connectivity index is 1.71. The van der Waals surface area contributed by atoms with Crippen molar-refractivity contribution in [1.29, 1.82) is 0 Å². The van der Waals surface area contributed by atoms with E-state index in [9.17, 15) is 4.79 Å². The van der Waals surface area contributed by atoms with E-state index in [4.69, 9.17) is 0 Å². The van der Waals surface area contributed by atoms with Crippen molar-refractivity contribution in [3.63, 3.8) is 0 Å². The molecule has 2 bridgehead atoms. The summed E-state index contributed by atoms with van der Waals surface area (Å²) in [6.45, 7) is 2.13. The quantitative estimate of drug-likeness (QED) is 0.721. The fourth-order valence-electron chi connectivity index (χ4n) is 4.08. The fraction of sp³-hybridized carbons (Fsp3) is 0.588. The Hall–Kier alpha value is -1.11. The van der Waals surface area contributed by atoms with Crippen LogP contribution >= 0.6 is 0 Å². The minimum atomic E-state index is 0.380. The first-order chi connectivity index (χ1) is 8.78. The molecule has 3 unspecified atom stereocenters. The molecule has 2 fully saturated rings. The molecule has 3 atom stereocenters. The van der Waals surface area contributed by atoms with Crippen LogP contribution < -0.4 is 0 Å². The fourth-order valence-corrected chi connectivity index (χ4v) is 4.08. The second-order valence-electron chi connectivity index (χ2n) is 6.07. The van der Waals surface area contributed by atoms with Crippen molar-refractivity contribution in [2.24, 2.45) is 17.8 Å². The van der Waals surface area contributed by atoms with Gasteiger partial charge in [0.05, 0.1) is 0 Å². The van der Waals surface area contributed by atoms with Gasteiger partial charge in [-0.2, -0.15) is 0 Å². The highest BCUT2D eigenvalue weighted by Gasteiger charge is 2.40. The summed E-state index contributed by atoms with van der Waals surface area (Å²) in [5, 5.41) is 0. The standard InChI is InChI=1S/C17H22O/c1-2-13-5-3-4-6-16(13)17(18)11-15-10-12-7-8-14(15)9-12/h3-6,12,14-15H,2,7-11H2,1H3. The molecule has 0 saturated heterocycles. The maximum Gasteiger partial charge on any atom is 0.163 e. The number of aryl methyl sites for hydroxylation is 1. The third kappa shape index (κ3) is 2.11. The third-order valence-corrected chi connectivity index (χ3v) is 5.03. The first-order valence-corrected chi connectivity index (χ1v) is 7.39. The molecular weight excluding hydrogens is 220 g/mol. The van der Waals surface area contributed by atoms with Gasteiger partial charge in [0.15, 0.2) is 5.78 Å². The van der Waals surface area contributed by atoms with Crippen molar-refractivity contribution in [1.82, 2.24) is 0 Å². The molecule has 3 rings (SSSR count). The normalized spacial score (nSPS) is 29.7. The van der Waals surface area contributed by atoms with Gasteiger partial charge in [-0.05, 0) is 49.0 Å². The zero-order valence-electron chi connectivity index (χ0n) is 11.2. The molecule has 0 heterocycles. The Morgan fingerprint density at radius 2 is 2.06 bits per heavy atom. The van der Waals surface area contributed by atoms with Gasteiger partial charge in [-0.3, -0.25) is 4.79 Å². The van der Waals surface area contributed by atoms with Crippen LogP contribution in [0.5, 0.6) is 0 Å². The highest BCUT2D eigenvalue weighted by atomic mass is 16.1. The first kappa shape index (κ1) is 12.0.